The zero-order chi connectivity index (χ0) is 12.3. The number of hydrogen-bond donors (Lipinski definition) is 0. The van der Waals surface area contributed by atoms with Gasteiger partial charge in [-0.25, -0.2) is 4.79 Å². The minimum atomic E-state index is -0.385. The first-order chi connectivity index (χ1) is 8.24. The lowest BCUT2D eigenvalue weighted by Crippen LogP contribution is -2.00. The Morgan fingerprint density at radius 2 is 1.88 bits per heavy atom. The van der Waals surface area contributed by atoms with E-state index in [1.807, 2.05) is 0 Å². The third-order valence-electron chi connectivity index (χ3n) is 2.33. The molecular formula is C13H10O4. The Bertz CT molecular complexity index is 537. The zero-order valence-corrected chi connectivity index (χ0v) is 9.17. The zero-order valence-electron chi connectivity index (χ0n) is 9.17. The number of hydrogen-bond acceptors (Lipinski definition) is 4. The second-order valence-electron chi connectivity index (χ2n) is 3.39. The SMILES string of the molecule is COC(=O)c1ccc(-c2ccc(C=O)o2)cc1. The van der Waals surface area contributed by atoms with Gasteiger partial charge in [0.05, 0.1) is 12.7 Å². The molecule has 1 aromatic carbocycles. The van der Waals surface area contributed by atoms with Crippen LogP contribution in [-0.4, -0.2) is 19.4 Å². The number of esters is 1. The summed E-state index contributed by atoms with van der Waals surface area (Å²) >= 11 is 0. The van der Waals surface area contributed by atoms with Gasteiger partial charge < -0.3 is 9.15 Å². The van der Waals surface area contributed by atoms with Crippen molar-refractivity contribution in [2.45, 2.75) is 0 Å². The predicted octanol–water partition coefficient (Wildman–Crippen LogP) is 2.55. The van der Waals surface area contributed by atoms with Gasteiger partial charge in [0.25, 0.3) is 0 Å². The van der Waals surface area contributed by atoms with Crippen LogP contribution in [0.15, 0.2) is 40.8 Å². The van der Waals surface area contributed by atoms with Crippen molar-refractivity contribution in [2.75, 3.05) is 7.11 Å². The number of aldehydes is 1. The molecule has 2 aromatic rings. The fourth-order valence-electron chi connectivity index (χ4n) is 1.46. The number of carbonyl (C=O) groups is 2. The summed E-state index contributed by atoms with van der Waals surface area (Å²) in [7, 11) is 1.33. The molecule has 2 rings (SSSR count). The van der Waals surface area contributed by atoms with Crippen molar-refractivity contribution in [3.63, 3.8) is 0 Å². The standard InChI is InChI=1S/C13H10O4/c1-16-13(15)10-4-2-9(3-5-10)12-7-6-11(8-14)17-12/h2-8H,1H3. The highest BCUT2D eigenvalue weighted by atomic mass is 16.5. The Kier molecular flexibility index (Phi) is 3.05. The number of benzene rings is 1. The van der Waals surface area contributed by atoms with E-state index in [0.717, 1.165) is 5.56 Å². The summed E-state index contributed by atoms with van der Waals surface area (Å²) in [6.45, 7) is 0. The summed E-state index contributed by atoms with van der Waals surface area (Å²) < 4.78 is 9.86. The van der Waals surface area contributed by atoms with Gasteiger partial charge in [-0.2, -0.15) is 0 Å². The van der Waals surface area contributed by atoms with Crippen LogP contribution < -0.4 is 0 Å². The molecule has 0 atom stereocenters. The largest absolute Gasteiger partial charge is 0.465 e. The van der Waals surface area contributed by atoms with Gasteiger partial charge in [0.1, 0.15) is 5.76 Å². The highest BCUT2D eigenvalue weighted by Crippen LogP contribution is 2.22. The van der Waals surface area contributed by atoms with E-state index in [4.69, 9.17) is 4.42 Å². The molecule has 0 aliphatic heterocycles. The molecule has 0 spiro atoms. The number of methoxy groups -OCH3 is 1. The molecule has 4 nitrogen and oxygen atoms in total. The molecule has 0 fully saturated rings. The second kappa shape index (κ2) is 4.65. The average Bonchev–Trinajstić information content (AvgIpc) is 2.87. The van der Waals surface area contributed by atoms with E-state index in [-0.39, 0.29) is 11.7 Å². The Labute approximate surface area is 97.8 Å². The summed E-state index contributed by atoms with van der Waals surface area (Å²) in [6.07, 6.45) is 0.645. The van der Waals surface area contributed by atoms with Crippen molar-refractivity contribution < 1.29 is 18.7 Å². The van der Waals surface area contributed by atoms with Crippen LogP contribution in [0.25, 0.3) is 11.3 Å². The number of furan rings is 1. The molecule has 0 unspecified atom stereocenters. The van der Waals surface area contributed by atoms with Gasteiger partial charge in [-0.3, -0.25) is 4.79 Å². The topological polar surface area (TPSA) is 56.5 Å². The van der Waals surface area contributed by atoms with Gasteiger partial charge >= 0.3 is 5.97 Å². The van der Waals surface area contributed by atoms with E-state index >= 15 is 0 Å². The van der Waals surface area contributed by atoms with Gasteiger partial charge in [0.15, 0.2) is 12.0 Å². The minimum Gasteiger partial charge on any atom is -0.465 e. The van der Waals surface area contributed by atoms with Crippen molar-refractivity contribution in [3.8, 4) is 11.3 Å². The summed E-state index contributed by atoms with van der Waals surface area (Å²) in [5.41, 5.74) is 1.27. The van der Waals surface area contributed by atoms with Crippen molar-refractivity contribution in [2.24, 2.45) is 0 Å². The quantitative estimate of drug-likeness (QED) is 0.600. The van der Waals surface area contributed by atoms with Crippen LogP contribution in [0, 0.1) is 0 Å². The van der Waals surface area contributed by atoms with Crippen LogP contribution in [0.5, 0.6) is 0 Å². The van der Waals surface area contributed by atoms with Gasteiger partial charge in [-0.05, 0) is 24.3 Å². The molecule has 0 amide bonds. The van der Waals surface area contributed by atoms with Crippen LogP contribution >= 0.6 is 0 Å². The van der Waals surface area contributed by atoms with Gasteiger partial charge in [0, 0.05) is 5.56 Å². The molecule has 0 N–H and O–H groups in total. The average molecular weight is 230 g/mol. The normalized spacial score (nSPS) is 9.94. The Morgan fingerprint density at radius 1 is 1.18 bits per heavy atom. The molecule has 4 heteroatoms. The maximum atomic E-state index is 11.2. The second-order valence-corrected chi connectivity index (χ2v) is 3.39. The molecular weight excluding hydrogens is 220 g/mol. The molecule has 1 heterocycles. The van der Waals surface area contributed by atoms with Crippen molar-refractivity contribution >= 4 is 12.3 Å². The molecule has 0 saturated carbocycles. The number of ether oxygens (including phenoxy) is 1. The Hall–Kier alpha value is -2.36. The molecule has 0 bridgehead atoms. The lowest BCUT2D eigenvalue weighted by molar-refractivity contribution is 0.0600. The van der Waals surface area contributed by atoms with Crippen LogP contribution in [0.4, 0.5) is 0 Å². The van der Waals surface area contributed by atoms with E-state index in [2.05, 4.69) is 4.74 Å². The first kappa shape index (κ1) is 11.1. The summed E-state index contributed by atoms with van der Waals surface area (Å²) in [5, 5.41) is 0. The molecule has 0 saturated heterocycles. The van der Waals surface area contributed by atoms with E-state index in [0.29, 0.717) is 17.6 Å². The summed E-state index contributed by atoms with van der Waals surface area (Å²) in [4.78, 5) is 21.7. The molecule has 1 aromatic heterocycles. The molecule has 17 heavy (non-hydrogen) atoms. The smallest absolute Gasteiger partial charge is 0.337 e. The first-order valence-electron chi connectivity index (χ1n) is 4.98. The fourth-order valence-corrected chi connectivity index (χ4v) is 1.46. The van der Waals surface area contributed by atoms with Gasteiger partial charge in [-0.15, -0.1) is 0 Å². The third-order valence-corrected chi connectivity index (χ3v) is 2.33. The molecule has 86 valence electrons. The van der Waals surface area contributed by atoms with E-state index < -0.39 is 0 Å². The Morgan fingerprint density at radius 3 is 2.41 bits per heavy atom. The monoisotopic (exact) mass is 230 g/mol. The molecule has 0 aliphatic rings. The maximum absolute atomic E-state index is 11.2. The number of carbonyl (C=O) groups excluding carboxylic acids is 2. The first-order valence-corrected chi connectivity index (χ1v) is 4.98. The van der Waals surface area contributed by atoms with Gasteiger partial charge in [0.2, 0.25) is 0 Å². The Balaban J connectivity index is 2.28. The predicted molar refractivity (Wildman–Crippen MR) is 60.9 cm³/mol. The highest BCUT2D eigenvalue weighted by Gasteiger charge is 2.07. The molecule has 0 aliphatic carbocycles. The summed E-state index contributed by atoms with van der Waals surface area (Å²) in [5.74, 6) is 0.477. The molecule has 0 radical (unpaired) electrons. The van der Waals surface area contributed by atoms with Crippen molar-refractivity contribution in [3.05, 3.63) is 47.7 Å². The minimum absolute atomic E-state index is 0.275. The van der Waals surface area contributed by atoms with E-state index in [9.17, 15) is 9.59 Å². The van der Waals surface area contributed by atoms with E-state index in [1.54, 1.807) is 36.4 Å². The maximum Gasteiger partial charge on any atom is 0.337 e. The lowest BCUT2D eigenvalue weighted by Gasteiger charge is -2.00. The summed E-state index contributed by atoms with van der Waals surface area (Å²) in [6, 6.07) is 10.1. The van der Waals surface area contributed by atoms with Crippen LogP contribution in [0.3, 0.4) is 0 Å². The van der Waals surface area contributed by atoms with Crippen LogP contribution in [0.2, 0.25) is 0 Å². The fraction of sp³-hybridized carbons (Fsp3) is 0.0769. The van der Waals surface area contributed by atoms with Crippen molar-refractivity contribution in [1.29, 1.82) is 0 Å². The van der Waals surface area contributed by atoms with Crippen molar-refractivity contribution in [1.82, 2.24) is 0 Å². The highest BCUT2D eigenvalue weighted by molar-refractivity contribution is 5.89. The van der Waals surface area contributed by atoms with E-state index in [1.165, 1.54) is 7.11 Å². The third kappa shape index (κ3) is 2.25. The van der Waals surface area contributed by atoms with Crippen LogP contribution in [-0.2, 0) is 4.74 Å². The lowest BCUT2D eigenvalue weighted by atomic mass is 10.1. The number of rotatable bonds is 3. The van der Waals surface area contributed by atoms with Gasteiger partial charge in [-0.1, -0.05) is 12.1 Å². The van der Waals surface area contributed by atoms with Crippen LogP contribution in [0.1, 0.15) is 20.9 Å².